The summed E-state index contributed by atoms with van der Waals surface area (Å²) in [5.74, 6) is -2.93. The van der Waals surface area contributed by atoms with Gasteiger partial charge in [-0.25, -0.2) is 0 Å². The van der Waals surface area contributed by atoms with Gasteiger partial charge in [0.25, 0.3) is 0 Å². The summed E-state index contributed by atoms with van der Waals surface area (Å²) in [5.41, 5.74) is -0.0169. The molecule has 4 heteroatoms. The maximum Gasteiger partial charge on any atom is 0.0724 e. The molecule has 0 spiro atoms. The average molecular weight is 276 g/mol. The number of aromatic carboxylic acids is 2. The van der Waals surface area contributed by atoms with Gasteiger partial charge in [0.05, 0.1) is 11.9 Å². The fraction of sp³-hybridized carbons (Fsp3) is 0.500. The van der Waals surface area contributed by atoms with Crippen LogP contribution in [0.4, 0.5) is 0 Å². The van der Waals surface area contributed by atoms with Crippen molar-refractivity contribution in [3.8, 4) is 0 Å². The Morgan fingerprint density at radius 2 is 1.60 bits per heavy atom. The van der Waals surface area contributed by atoms with Crippen molar-refractivity contribution < 1.29 is 19.8 Å². The zero-order chi connectivity index (χ0) is 15.0. The lowest BCUT2D eigenvalue weighted by Crippen LogP contribution is -2.31. The van der Waals surface area contributed by atoms with Crippen molar-refractivity contribution in [1.29, 1.82) is 0 Å². The fourth-order valence-electron chi connectivity index (χ4n) is 2.32. The summed E-state index contributed by atoms with van der Waals surface area (Å²) >= 11 is 0. The number of benzene rings is 1. The predicted octanol–water partition coefficient (Wildman–Crippen LogP) is 1.32. The Bertz CT molecular complexity index is 466. The van der Waals surface area contributed by atoms with Gasteiger partial charge >= 0.3 is 0 Å². The lowest BCUT2D eigenvalue weighted by molar-refractivity contribution is -0.259. The van der Waals surface area contributed by atoms with Crippen molar-refractivity contribution in [3.05, 3.63) is 34.9 Å². The maximum absolute atomic E-state index is 11.1. The zero-order valence-corrected chi connectivity index (χ0v) is 11.8. The minimum Gasteiger partial charge on any atom is -0.545 e. The van der Waals surface area contributed by atoms with E-state index in [0.29, 0.717) is 12.0 Å². The Morgan fingerprint density at radius 1 is 0.950 bits per heavy atom. The number of rotatable bonds is 9. The van der Waals surface area contributed by atoms with Gasteiger partial charge in [0.2, 0.25) is 0 Å². The molecule has 0 aliphatic heterocycles. The first-order chi connectivity index (χ1) is 9.57. The highest BCUT2D eigenvalue weighted by molar-refractivity contribution is 6.01. The van der Waals surface area contributed by atoms with Crippen LogP contribution in [-0.4, -0.2) is 11.9 Å². The van der Waals surface area contributed by atoms with Crippen LogP contribution < -0.4 is 10.2 Å². The fourth-order valence-corrected chi connectivity index (χ4v) is 2.32. The standard InChI is InChI=1S/C16H22O4/c1-2-3-4-5-6-7-9-12-10-8-11-13(15(17)18)14(12)16(19)20/h8,10-11H,2-7,9H2,1H3,(H,17,18)(H,19,20)/p-2. The summed E-state index contributed by atoms with van der Waals surface area (Å²) in [7, 11) is 0. The van der Waals surface area contributed by atoms with Crippen molar-refractivity contribution in [1.82, 2.24) is 0 Å². The van der Waals surface area contributed by atoms with Gasteiger partial charge in [-0.1, -0.05) is 57.2 Å². The zero-order valence-electron chi connectivity index (χ0n) is 11.8. The quantitative estimate of drug-likeness (QED) is 0.637. The number of carbonyl (C=O) groups is 2. The molecule has 0 amide bonds. The summed E-state index contributed by atoms with van der Waals surface area (Å²) in [6.45, 7) is 2.15. The van der Waals surface area contributed by atoms with E-state index < -0.39 is 11.9 Å². The summed E-state index contributed by atoms with van der Waals surface area (Å²) in [5, 5.41) is 22.0. The van der Waals surface area contributed by atoms with Crippen molar-refractivity contribution >= 4 is 11.9 Å². The van der Waals surface area contributed by atoms with Gasteiger partial charge in [-0.15, -0.1) is 0 Å². The van der Waals surface area contributed by atoms with E-state index in [1.807, 2.05) is 0 Å². The van der Waals surface area contributed by atoms with Crippen molar-refractivity contribution in [2.75, 3.05) is 0 Å². The van der Waals surface area contributed by atoms with Crippen LogP contribution in [0.25, 0.3) is 0 Å². The largest absolute Gasteiger partial charge is 0.545 e. The number of aryl methyl sites for hydroxylation is 1. The number of hydrogen-bond donors (Lipinski definition) is 0. The van der Waals surface area contributed by atoms with Crippen LogP contribution in [0.3, 0.4) is 0 Å². The molecule has 0 N–H and O–H groups in total. The van der Waals surface area contributed by atoms with Crippen LogP contribution in [0.5, 0.6) is 0 Å². The van der Waals surface area contributed by atoms with E-state index in [1.54, 1.807) is 12.1 Å². The van der Waals surface area contributed by atoms with E-state index in [0.717, 1.165) is 19.3 Å². The molecule has 0 bridgehead atoms. The van der Waals surface area contributed by atoms with Gasteiger partial charge in [-0.2, -0.15) is 0 Å². The van der Waals surface area contributed by atoms with E-state index in [1.165, 1.54) is 25.3 Å². The second-order valence-electron chi connectivity index (χ2n) is 4.93. The van der Waals surface area contributed by atoms with E-state index in [2.05, 4.69) is 6.92 Å². The van der Waals surface area contributed by atoms with Crippen molar-refractivity contribution in [3.63, 3.8) is 0 Å². The first kappa shape index (κ1) is 16.2. The molecule has 4 nitrogen and oxygen atoms in total. The van der Waals surface area contributed by atoms with Crippen LogP contribution in [0.1, 0.15) is 71.7 Å². The Hall–Kier alpha value is -1.84. The van der Waals surface area contributed by atoms with Gasteiger partial charge in [0.15, 0.2) is 0 Å². The van der Waals surface area contributed by atoms with E-state index in [9.17, 15) is 19.8 Å². The molecule has 1 aromatic rings. The van der Waals surface area contributed by atoms with Crippen LogP contribution in [0.2, 0.25) is 0 Å². The van der Waals surface area contributed by atoms with Gasteiger partial charge in [0, 0.05) is 11.1 Å². The molecule has 0 fully saturated rings. The first-order valence-corrected chi connectivity index (χ1v) is 7.12. The van der Waals surface area contributed by atoms with E-state index in [4.69, 9.17) is 0 Å². The molecule has 0 heterocycles. The van der Waals surface area contributed by atoms with Gasteiger partial charge in [-0.3, -0.25) is 0 Å². The molecule has 0 aromatic heterocycles. The van der Waals surface area contributed by atoms with Crippen molar-refractivity contribution in [2.24, 2.45) is 0 Å². The normalized spacial score (nSPS) is 10.4. The van der Waals surface area contributed by atoms with Crippen LogP contribution in [-0.2, 0) is 6.42 Å². The molecule has 0 aliphatic carbocycles. The number of carboxylic acid groups (broad SMARTS) is 2. The third-order valence-electron chi connectivity index (χ3n) is 3.37. The number of hydrogen-bond acceptors (Lipinski definition) is 4. The van der Waals surface area contributed by atoms with Crippen LogP contribution >= 0.6 is 0 Å². The van der Waals surface area contributed by atoms with Gasteiger partial charge < -0.3 is 19.8 Å². The summed E-state index contributed by atoms with van der Waals surface area (Å²) < 4.78 is 0. The molecule has 0 unspecified atom stereocenters. The average Bonchev–Trinajstić information content (AvgIpc) is 2.42. The lowest BCUT2D eigenvalue weighted by Gasteiger charge is -2.16. The summed E-state index contributed by atoms with van der Waals surface area (Å²) in [6.07, 6.45) is 7.11. The molecule has 1 aromatic carbocycles. The molecule has 0 atom stereocenters. The Labute approximate surface area is 119 Å². The third kappa shape index (κ3) is 4.68. The smallest absolute Gasteiger partial charge is 0.0724 e. The third-order valence-corrected chi connectivity index (χ3v) is 3.37. The second kappa shape index (κ2) is 8.35. The van der Waals surface area contributed by atoms with E-state index in [-0.39, 0.29) is 11.1 Å². The predicted molar refractivity (Wildman–Crippen MR) is 72.2 cm³/mol. The highest BCUT2D eigenvalue weighted by Gasteiger charge is 2.10. The Morgan fingerprint density at radius 3 is 2.20 bits per heavy atom. The Kier molecular flexibility index (Phi) is 6.77. The summed E-state index contributed by atoms with van der Waals surface area (Å²) in [6, 6.07) is 4.43. The molecule has 110 valence electrons. The molecular formula is C16H20O4-2. The summed E-state index contributed by atoms with van der Waals surface area (Å²) in [4.78, 5) is 22.0. The molecule has 0 saturated heterocycles. The second-order valence-corrected chi connectivity index (χ2v) is 4.93. The molecule has 0 saturated carbocycles. The number of carboxylic acids is 2. The SMILES string of the molecule is CCCCCCCCc1cccc(C(=O)[O-])c1C(=O)[O-]. The molecule has 0 aliphatic rings. The molecule has 0 radical (unpaired) electrons. The van der Waals surface area contributed by atoms with Crippen LogP contribution in [0, 0.1) is 0 Å². The molecular weight excluding hydrogens is 256 g/mol. The highest BCUT2D eigenvalue weighted by Crippen LogP contribution is 2.17. The lowest BCUT2D eigenvalue weighted by atomic mass is 9.96. The minimum atomic E-state index is -1.48. The maximum atomic E-state index is 11.1. The first-order valence-electron chi connectivity index (χ1n) is 7.12. The number of unbranched alkanes of at least 4 members (excludes halogenated alkanes) is 5. The van der Waals surface area contributed by atoms with Crippen molar-refractivity contribution in [2.45, 2.75) is 51.9 Å². The molecule has 20 heavy (non-hydrogen) atoms. The highest BCUT2D eigenvalue weighted by atomic mass is 16.4. The number of carbonyl (C=O) groups excluding carboxylic acids is 2. The Balaban J connectivity index is 2.67. The monoisotopic (exact) mass is 276 g/mol. The van der Waals surface area contributed by atoms with Crippen LogP contribution in [0.15, 0.2) is 18.2 Å². The minimum absolute atomic E-state index is 0.235. The topological polar surface area (TPSA) is 80.3 Å². The van der Waals surface area contributed by atoms with Gasteiger partial charge in [-0.05, 0) is 18.4 Å². The molecule has 1 rings (SSSR count). The van der Waals surface area contributed by atoms with Gasteiger partial charge in [0.1, 0.15) is 0 Å². The van der Waals surface area contributed by atoms with E-state index >= 15 is 0 Å².